The summed E-state index contributed by atoms with van der Waals surface area (Å²) in [5.74, 6) is -0.000816. The molecule has 7 rings (SSSR count). The Morgan fingerprint density at radius 3 is 2.62 bits per heavy atom. The first-order valence-corrected chi connectivity index (χ1v) is 13.7. The fourth-order valence-corrected chi connectivity index (χ4v) is 6.64. The van der Waals surface area contributed by atoms with Gasteiger partial charge in [-0.05, 0) is 44.0 Å². The van der Waals surface area contributed by atoms with Gasteiger partial charge in [0, 0.05) is 46.8 Å². The normalized spacial score (nSPS) is 22.1. The number of piperidine rings is 2. The lowest BCUT2D eigenvalue weighted by Gasteiger charge is -2.38. The van der Waals surface area contributed by atoms with E-state index in [-0.39, 0.29) is 29.6 Å². The van der Waals surface area contributed by atoms with E-state index in [1.807, 2.05) is 23.0 Å². The molecule has 1 spiro atoms. The number of aromatic nitrogens is 2. The molecular weight excluding hydrogens is 494 g/mol. The average Bonchev–Trinajstić information content (AvgIpc) is 3.63. The lowest BCUT2D eigenvalue weighted by molar-refractivity contribution is -0.136. The Bertz CT molecular complexity index is 1460. The van der Waals surface area contributed by atoms with E-state index in [9.17, 15) is 14.4 Å². The molecule has 39 heavy (non-hydrogen) atoms. The number of imide groups is 1. The summed E-state index contributed by atoms with van der Waals surface area (Å²) in [5, 5.41) is 6.94. The van der Waals surface area contributed by atoms with Gasteiger partial charge in [-0.15, -0.1) is 0 Å². The van der Waals surface area contributed by atoms with Gasteiger partial charge in [-0.1, -0.05) is 36.4 Å². The van der Waals surface area contributed by atoms with Gasteiger partial charge in [-0.25, -0.2) is 0 Å². The molecule has 1 unspecified atom stereocenters. The summed E-state index contributed by atoms with van der Waals surface area (Å²) in [5.41, 5.74) is 5.08. The van der Waals surface area contributed by atoms with Crippen molar-refractivity contribution in [2.45, 2.75) is 56.8 Å². The first-order valence-electron chi connectivity index (χ1n) is 13.7. The molecule has 2 fully saturated rings. The van der Waals surface area contributed by atoms with Gasteiger partial charge in [0.1, 0.15) is 11.8 Å². The Morgan fingerprint density at radius 1 is 1.00 bits per heavy atom. The van der Waals surface area contributed by atoms with E-state index in [4.69, 9.17) is 4.74 Å². The number of amides is 3. The standard InChI is InChI=1S/C30H31N5O4/c36-26-9-8-25(28(37)32-26)35-18-23-22(29(35)38)6-7-24-27(23)39-19-30(24)10-12-33(13-11-30)15-21-14-31-34(17-21)16-20-4-2-1-3-5-20/h1-7,14,17,25H,8-13,15-16,18-19H2,(H,32,36,37). The van der Waals surface area contributed by atoms with Crippen molar-refractivity contribution in [3.63, 3.8) is 0 Å². The largest absolute Gasteiger partial charge is 0.492 e. The number of carbonyl (C=O) groups excluding carboxylic acids is 3. The zero-order valence-electron chi connectivity index (χ0n) is 21.8. The summed E-state index contributed by atoms with van der Waals surface area (Å²) in [7, 11) is 0. The van der Waals surface area contributed by atoms with Crippen LogP contribution in [0.4, 0.5) is 0 Å². The molecule has 4 aliphatic rings. The highest BCUT2D eigenvalue weighted by Crippen LogP contribution is 2.49. The minimum absolute atomic E-state index is 0.0521. The fraction of sp³-hybridized carbons (Fsp3) is 0.400. The molecule has 0 radical (unpaired) electrons. The molecule has 3 aromatic rings. The second-order valence-corrected chi connectivity index (χ2v) is 11.2. The van der Waals surface area contributed by atoms with Gasteiger partial charge in [0.05, 0.1) is 25.9 Å². The third-order valence-electron chi connectivity index (χ3n) is 8.82. The molecule has 2 aromatic carbocycles. The molecule has 200 valence electrons. The molecule has 1 atom stereocenters. The fourth-order valence-electron chi connectivity index (χ4n) is 6.64. The Labute approximate surface area is 226 Å². The van der Waals surface area contributed by atoms with Crippen molar-refractivity contribution in [3.8, 4) is 5.75 Å². The van der Waals surface area contributed by atoms with Crippen LogP contribution in [0, 0.1) is 0 Å². The highest BCUT2D eigenvalue weighted by Gasteiger charge is 2.47. The maximum Gasteiger partial charge on any atom is 0.255 e. The van der Waals surface area contributed by atoms with Crippen molar-refractivity contribution in [1.29, 1.82) is 0 Å². The van der Waals surface area contributed by atoms with Crippen molar-refractivity contribution in [2.75, 3.05) is 19.7 Å². The second kappa shape index (κ2) is 9.34. The number of rotatable bonds is 5. The zero-order chi connectivity index (χ0) is 26.6. The van der Waals surface area contributed by atoms with Crippen LogP contribution in [-0.4, -0.2) is 63.0 Å². The molecule has 9 heteroatoms. The summed E-state index contributed by atoms with van der Waals surface area (Å²) in [4.78, 5) is 41.3. The third kappa shape index (κ3) is 4.21. The third-order valence-corrected chi connectivity index (χ3v) is 8.82. The van der Waals surface area contributed by atoms with Gasteiger partial charge in [0.25, 0.3) is 5.91 Å². The van der Waals surface area contributed by atoms with E-state index in [0.717, 1.165) is 50.3 Å². The Morgan fingerprint density at radius 2 is 1.82 bits per heavy atom. The quantitative estimate of drug-likeness (QED) is 0.515. The molecule has 4 aliphatic heterocycles. The van der Waals surface area contributed by atoms with Gasteiger partial charge in [0.2, 0.25) is 11.8 Å². The Balaban J connectivity index is 1.02. The molecule has 0 bridgehead atoms. The summed E-state index contributed by atoms with van der Waals surface area (Å²) in [6, 6.07) is 13.7. The maximum absolute atomic E-state index is 13.2. The first-order chi connectivity index (χ1) is 19.0. The van der Waals surface area contributed by atoms with E-state index >= 15 is 0 Å². The van der Waals surface area contributed by atoms with Gasteiger partial charge in [0.15, 0.2) is 0 Å². The molecule has 1 N–H and O–H groups in total. The summed E-state index contributed by atoms with van der Waals surface area (Å²) >= 11 is 0. The van der Waals surface area contributed by atoms with Crippen molar-refractivity contribution in [1.82, 2.24) is 24.9 Å². The molecule has 9 nitrogen and oxygen atoms in total. The number of hydrogen-bond acceptors (Lipinski definition) is 6. The van der Waals surface area contributed by atoms with E-state index in [1.165, 1.54) is 16.7 Å². The lowest BCUT2D eigenvalue weighted by Crippen LogP contribution is -2.52. The minimum atomic E-state index is -0.617. The number of carbonyl (C=O) groups is 3. The summed E-state index contributed by atoms with van der Waals surface area (Å²) in [6.45, 7) is 4.53. The Hall–Kier alpha value is -3.98. The number of nitrogens with zero attached hydrogens (tertiary/aromatic N) is 4. The topological polar surface area (TPSA) is 96.8 Å². The van der Waals surface area contributed by atoms with Crippen molar-refractivity contribution < 1.29 is 19.1 Å². The van der Waals surface area contributed by atoms with Gasteiger partial charge >= 0.3 is 0 Å². The highest BCUT2D eigenvalue weighted by molar-refractivity contribution is 6.05. The monoisotopic (exact) mass is 525 g/mol. The highest BCUT2D eigenvalue weighted by atomic mass is 16.5. The molecule has 1 aromatic heterocycles. The molecule has 0 aliphatic carbocycles. The van der Waals surface area contributed by atoms with Crippen LogP contribution < -0.4 is 10.1 Å². The number of likely N-dealkylation sites (tertiary alicyclic amines) is 1. The van der Waals surface area contributed by atoms with Crippen LogP contribution in [0.3, 0.4) is 0 Å². The van der Waals surface area contributed by atoms with Crippen LogP contribution in [-0.2, 0) is 34.6 Å². The van der Waals surface area contributed by atoms with Crippen LogP contribution in [0.15, 0.2) is 54.9 Å². The van der Waals surface area contributed by atoms with Crippen LogP contribution in [0.1, 0.15) is 58.3 Å². The van der Waals surface area contributed by atoms with Crippen molar-refractivity contribution >= 4 is 17.7 Å². The second-order valence-electron chi connectivity index (χ2n) is 11.2. The average molecular weight is 526 g/mol. The van der Waals surface area contributed by atoms with E-state index in [1.54, 1.807) is 4.90 Å². The van der Waals surface area contributed by atoms with Gasteiger partial charge < -0.3 is 9.64 Å². The summed E-state index contributed by atoms with van der Waals surface area (Å²) < 4.78 is 8.31. The van der Waals surface area contributed by atoms with Gasteiger partial charge in [-0.2, -0.15) is 5.10 Å². The van der Waals surface area contributed by atoms with E-state index in [0.29, 0.717) is 25.1 Å². The SMILES string of the molecule is O=C1CCC(N2Cc3c(ccc4c3OCC43CCN(Cc4cnn(Cc5ccccc5)c4)CC3)C2=O)C(=O)N1. The minimum Gasteiger partial charge on any atom is -0.492 e. The number of benzene rings is 2. The van der Waals surface area contributed by atoms with Crippen LogP contribution >= 0.6 is 0 Å². The van der Waals surface area contributed by atoms with Crippen LogP contribution in [0.25, 0.3) is 0 Å². The predicted octanol–water partition coefficient (Wildman–Crippen LogP) is 2.62. The Kier molecular flexibility index (Phi) is 5.77. The number of ether oxygens (including phenoxy) is 1. The number of fused-ring (bicyclic) bond motifs is 4. The van der Waals surface area contributed by atoms with Crippen molar-refractivity contribution in [2.24, 2.45) is 0 Å². The van der Waals surface area contributed by atoms with E-state index < -0.39 is 6.04 Å². The molecule has 3 amide bonds. The smallest absolute Gasteiger partial charge is 0.255 e. The number of hydrogen-bond donors (Lipinski definition) is 1. The summed E-state index contributed by atoms with van der Waals surface area (Å²) in [6.07, 6.45) is 6.69. The zero-order valence-corrected chi connectivity index (χ0v) is 21.8. The molecule has 5 heterocycles. The van der Waals surface area contributed by atoms with Crippen LogP contribution in [0.2, 0.25) is 0 Å². The molecule has 2 saturated heterocycles. The van der Waals surface area contributed by atoms with Crippen LogP contribution in [0.5, 0.6) is 5.75 Å². The first kappa shape index (κ1) is 24.1. The number of nitrogens with one attached hydrogen (secondary N) is 1. The lowest BCUT2D eigenvalue weighted by atomic mass is 9.74. The maximum atomic E-state index is 13.2. The van der Waals surface area contributed by atoms with Gasteiger partial charge in [-0.3, -0.25) is 29.3 Å². The van der Waals surface area contributed by atoms with Crippen molar-refractivity contribution in [3.05, 3.63) is 82.7 Å². The molecule has 0 saturated carbocycles. The predicted molar refractivity (Wildman–Crippen MR) is 142 cm³/mol. The van der Waals surface area contributed by atoms with E-state index in [2.05, 4.69) is 51.8 Å². The molecular formula is C30H31N5O4.